The molecule has 0 spiro atoms. The number of fused-ring (bicyclic) bond motifs is 1. The van der Waals surface area contributed by atoms with Gasteiger partial charge >= 0.3 is 18.1 Å². The van der Waals surface area contributed by atoms with E-state index < -0.39 is 23.4 Å². The Morgan fingerprint density at radius 1 is 1.03 bits per heavy atom. The third-order valence-electron chi connectivity index (χ3n) is 5.39. The number of halogens is 4. The van der Waals surface area contributed by atoms with Crippen molar-refractivity contribution in [2.45, 2.75) is 19.5 Å². The van der Waals surface area contributed by atoms with E-state index in [-0.39, 0.29) is 55.8 Å². The fraction of sp³-hybridized carbons (Fsp3) is 0.292. The molecule has 38 heavy (non-hydrogen) atoms. The van der Waals surface area contributed by atoms with E-state index in [0.717, 1.165) is 16.7 Å². The zero-order valence-electron chi connectivity index (χ0n) is 19.9. The van der Waals surface area contributed by atoms with Crippen molar-refractivity contribution in [2.24, 2.45) is 7.05 Å². The van der Waals surface area contributed by atoms with Crippen LogP contribution in [0.3, 0.4) is 0 Å². The molecule has 4 aromatic rings. The zero-order chi connectivity index (χ0) is 27.4. The average molecular weight is 555 g/mol. The molecule has 2 aromatic heterocycles. The number of aliphatic hydroxyl groups is 1. The Hall–Kier alpha value is -3.81. The van der Waals surface area contributed by atoms with E-state index in [1.165, 1.54) is 28.3 Å². The first-order valence-corrected chi connectivity index (χ1v) is 11.6. The summed E-state index contributed by atoms with van der Waals surface area (Å²) in [5.41, 5.74) is -0.570. The fourth-order valence-electron chi connectivity index (χ4n) is 3.70. The van der Waals surface area contributed by atoms with E-state index in [0.29, 0.717) is 10.6 Å². The lowest BCUT2D eigenvalue weighted by Crippen LogP contribution is -2.39. The molecule has 0 bridgehead atoms. The molecule has 0 saturated heterocycles. The van der Waals surface area contributed by atoms with Crippen molar-refractivity contribution >= 4 is 22.8 Å². The number of aromatic nitrogens is 4. The van der Waals surface area contributed by atoms with Gasteiger partial charge < -0.3 is 19.3 Å². The normalized spacial score (nSPS) is 11.7. The number of rotatable bonds is 10. The second-order valence-corrected chi connectivity index (χ2v) is 8.47. The van der Waals surface area contributed by atoms with Crippen molar-refractivity contribution in [1.82, 2.24) is 18.7 Å². The van der Waals surface area contributed by atoms with Gasteiger partial charge in [-0.15, -0.1) is 13.2 Å². The number of benzene rings is 2. The van der Waals surface area contributed by atoms with Crippen LogP contribution < -0.4 is 20.7 Å². The Kier molecular flexibility index (Phi) is 8.09. The molecule has 0 radical (unpaired) electrons. The van der Waals surface area contributed by atoms with E-state index in [1.807, 2.05) is 0 Å². The van der Waals surface area contributed by atoms with Crippen LogP contribution in [0.2, 0.25) is 5.02 Å². The molecule has 0 aliphatic heterocycles. The Balaban J connectivity index is 1.84. The predicted octanol–water partition coefficient (Wildman–Crippen LogP) is 3.30. The molecule has 0 atom stereocenters. The number of ether oxygens (including phenoxy) is 3. The van der Waals surface area contributed by atoms with Crippen molar-refractivity contribution in [3.63, 3.8) is 0 Å². The van der Waals surface area contributed by atoms with Gasteiger partial charge in [-0.25, -0.2) is 4.79 Å². The molecule has 0 fully saturated rings. The van der Waals surface area contributed by atoms with Gasteiger partial charge in [0.1, 0.15) is 11.5 Å². The van der Waals surface area contributed by atoms with Crippen molar-refractivity contribution < 1.29 is 32.5 Å². The summed E-state index contributed by atoms with van der Waals surface area (Å²) in [6.07, 6.45) is -4.90. The highest BCUT2D eigenvalue weighted by atomic mass is 35.5. The highest BCUT2D eigenvalue weighted by Gasteiger charge is 2.31. The minimum absolute atomic E-state index is 0.00245. The standard InChI is InChI=1S/C24H22ClF3N4O6/c1-30-21(34)19-20(31(23(30)35)9-11-36-12-10-33)29-22(32(19)14-15-5-7-16(25)8-6-15)37-17-3-2-4-18(13-17)38-24(26,27)28/h2-8,13,33H,9-12,14H2,1H3. The van der Waals surface area contributed by atoms with Gasteiger partial charge in [0.25, 0.3) is 5.56 Å². The SMILES string of the molecule is Cn1c(=O)c2c(nc(Oc3cccc(OC(F)(F)F)c3)n2Cc2ccc(Cl)cc2)n(CCOCCO)c1=O. The van der Waals surface area contributed by atoms with Gasteiger partial charge in [-0.1, -0.05) is 29.8 Å². The van der Waals surface area contributed by atoms with Crippen LogP contribution in [0.15, 0.2) is 58.1 Å². The summed E-state index contributed by atoms with van der Waals surface area (Å²) in [6, 6.07) is 11.4. The van der Waals surface area contributed by atoms with E-state index >= 15 is 0 Å². The van der Waals surface area contributed by atoms with Crippen LogP contribution in [0.25, 0.3) is 11.2 Å². The number of alkyl halides is 3. The largest absolute Gasteiger partial charge is 0.573 e. The summed E-state index contributed by atoms with van der Waals surface area (Å²) in [5, 5.41) is 9.43. The molecule has 10 nitrogen and oxygen atoms in total. The summed E-state index contributed by atoms with van der Waals surface area (Å²) in [6.45, 7) is -0.0292. The van der Waals surface area contributed by atoms with E-state index in [2.05, 4.69) is 9.72 Å². The Morgan fingerprint density at radius 2 is 1.74 bits per heavy atom. The molecule has 202 valence electrons. The maximum atomic E-state index is 13.2. The van der Waals surface area contributed by atoms with Crippen LogP contribution in [0.4, 0.5) is 13.2 Å². The molecule has 2 aromatic carbocycles. The highest BCUT2D eigenvalue weighted by Crippen LogP contribution is 2.30. The Morgan fingerprint density at radius 3 is 2.42 bits per heavy atom. The molecule has 0 saturated carbocycles. The number of nitrogens with zero attached hydrogens (tertiary/aromatic N) is 4. The zero-order valence-corrected chi connectivity index (χ0v) is 20.7. The first-order chi connectivity index (χ1) is 18.1. The number of hydrogen-bond donors (Lipinski definition) is 1. The van der Waals surface area contributed by atoms with Gasteiger partial charge in [-0.3, -0.25) is 18.5 Å². The molecule has 1 N–H and O–H groups in total. The van der Waals surface area contributed by atoms with Crippen molar-refractivity contribution in [2.75, 3.05) is 19.8 Å². The van der Waals surface area contributed by atoms with Crippen molar-refractivity contribution in [3.8, 4) is 17.5 Å². The fourth-order valence-corrected chi connectivity index (χ4v) is 3.82. The summed E-state index contributed by atoms with van der Waals surface area (Å²) in [5.74, 6) is -0.555. The van der Waals surface area contributed by atoms with Gasteiger partial charge in [0.05, 0.1) is 32.9 Å². The summed E-state index contributed by atoms with van der Waals surface area (Å²) >= 11 is 5.99. The van der Waals surface area contributed by atoms with Gasteiger partial charge in [0.15, 0.2) is 11.2 Å². The summed E-state index contributed by atoms with van der Waals surface area (Å²) in [4.78, 5) is 30.5. The predicted molar refractivity (Wildman–Crippen MR) is 131 cm³/mol. The number of aliphatic hydroxyl groups excluding tert-OH is 1. The number of hydrogen-bond acceptors (Lipinski definition) is 7. The average Bonchev–Trinajstić information content (AvgIpc) is 3.20. The minimum Gasteiger partial charge on any atom is -0.425 e. The lowest BCUT2D eigenvalue weighted by molar-refractivity contribution is -0.274. The van der Waals surface area contributed by atoms with Crippen molar-refractivity contribution in [3.05, 3.63) is 80.0 Å². The molecular formula is C24H22ClF3N4O6. The van der Waals surface area contributed by atoms with Crippen LogP contribution >= 0.6 is 11.6 Å². The van der Waals surface area contributed by atoms with Crippen molar-refractivity contribution in [1.29, 1.82) is 0 Å². The Labute approximate surface area is 218 Å². The third kappa shape index (κ3) is 6.18. The van der Waals surface area contributed by atoms with Crippen LogP contribution in [0, 0.1) is 0 Å². The van der Waals surface area contributed by atoms with E-state index in [9.17, 15) is 22.8 Å². The van der Waals surface area contributed by atoms with Gasteiger partial charge in [-0.2, -0.15) is 4.98 Å². The van der Waals surface area contributed by atoms with Crippen LogP contribution in [-0.4, -0.2) is 50.0 Å². The quantitative estimate of drug-likeness (QED) is 0.300. The molecule has 14 heteroatoms. The molecule has 0 amide bonds. The summed E-state index contributed by atoms with van der Waals surface area (Å²) < 4.78 is 56.7. The van der Waals surface area contributed by atoms with Gasteiger partial charge in [-0.05, 0) is 29.8 Å². The molecule has 4 rings (SSSR count). The Bertz CT molecular complexity index is 1550. The molecule has 0 aliphatic rings. The maximum absolute atomic E-state index is 13.2. The number of imidazole rings is 1. The van der Waals surface area contributed by atoms with Crippen LogP contribution in [0.5, 0.6) is 17.5 Å². The van der Waals surface area contributed by atoms with Gasteiger partial charge in [0, 0.05) is 18.1 Å². The van der Waals surface area contributed by atoms with Crippen LogP contribution in [0.1, 0.15) is 5.56 Å². The first-order valence-electron chi connectivity index (χ1n) is 11.2. The monoisotopic (exact) mass is 554 g/mol. The minimum atomic E-state index is -4.90. The van der Waals surface area contributed by atoms with Gasteiger partial charge in [0.2, 0.25) is 0 Å². The lowest BCUT2D eigenvalue weighted by Gasteiger charge is -2.12. The molecule has 2 heterocycles. The molecular weight excluding hydrogens is 533 g/mol. The highest BCUT2D eigenvalue weighted by molar-refractivity contribution is 6.30. The molecule has 0 unspecified atom stereocenters. The lowest BCUT2D eigenvalue weighted by atomic mass is 10.2. The topological polar surface area (TPSA) is 110 Å². The smallest absolute Gasteiger partial charge is 0.425 e. The second-order valence-electron chi connectivity index (χ2n) is 8.04. The van der Waals surface area contributed by atoms with E-state index in [4.69, 9.17) is 26.2 Å². The molecule has 0 aliphatic carbocycles. The first kappa shape index (κ1) is 27.2. The van der Waals surface area contributed by atoms with Crippen LogP contribution in [-0.2, 0) is 24.9 Å². The third-order valence-corrected chi connectivity index (χ3v) is 5.64. The maximum Gasteiger partial charge on any atom is 0.573 e. The van der Waals surface area contributed by atoms with E-state index in [1.54, 1.807) is 24.3 Å². The second kappa shape index (κ2) is 11.3. The summed E-state index contributed by atoms with van der Waals surface area (Å²) in [7, 11) is 1.31.